The number of fused-ring (bicyclic) bond motifs is 1. The Hall–Kier alpha value is -2.24. The molecule has 2 aromatic rings. The number of aryl methyl sites for hydroxylation is 2. The lowest BCUT2D eigenvalue weighted by molar-refractivity contribution is -0.117. The largest absolute Gasteiger partial charge is 0.309 e. The zero-order chi connectivity index (χ0) is 19.1. The molecule has 1 aliphatic rings. The molecule has 0 saturated heterocycles. The van der Waals surface area contributed by atoms with Crippen LogP contribution in [0.3, 0.4) is 0 Å². The van der Waals surface area contributed by atoms with Crippen LogP contribution in [-0.2, 0) is 17.8 Å². The van der Waals surface area contributed by atoms with Gasteiger partial charge in [0.2, 0.25) is 5.91 Å². The molecule has 26 heavy (non-hydrogen) atoms. The van der Waals surface area contributed by atoms with Crippen LogP contribution in [0.4, 0.5) is 14.6 Å². The highest BCUT2D eigenvalue weighted by Gasteiger charge is 2.28. The van der Waals surface area contributed by atoms with Gasteiger partial charge >= 0.3 is 0 Å². The maximum atomic E-state index is 14.0. The second-order valence-corrected chi connectivity index (χ2v) is 8.23. The average molecular weight is 361 g/mol. The smallest absolute Gasteiger partial charge is 0.226 e. The van der Waals surface area contributed by atoms with Crippen molar-refractivity contribution >= 4 is 11.7 Å². The number of alkyl halides is 1. The number of anilines is 1. The molecular formula is C20H25F2N3O. The van der Waals surface area contributed by atoms with Crippen LogP contribution in [0.1, 0.15) is 44.9 Å². The summed E-state index contributed by atoms with van der Waals surface area (Å²) in [7, 11) is 0. The molecule has 3 rings (SSSR count). The molecule has 0 bridgehead atoms. The van der Waals surface area contributed by atoms with Crippen LogP contribution in [0.15, 0.2) is 18.2 Å². The van der Waals surface area contributed by atoms with Crippen LogP contribution >= 0.6 is 0 Å². The summed E-state index contributed by atoms with van der Waals surface area (Å²) in [6.45, 7) is 8.12. The van der Waals surface area contributed by atoms with Gasteiger partial charge in [-0.05, 0) is 42.0 Å². The normalized spacial score (nSPS) is 17.1. The maximum absolute atomic E-state index is 14.0. The molecule has 1 atom stereocenters. The first kappa shape index (κ1) is 18.5. The fourth-order valence-electron chi connectivity index (χ4n) is 3.31. The minimum atomic E-state index is -0.933. The Balaban J connectivity index is 2.03. The fraction of sp³-hybridized carbons (Fsp3) is 0.500. The van der Waals surface area contributed by atoms with E-state index in [1.807, 2.05) is 20.8 Å². The number of amides is 1. The van der Waals surface area contributed by atoms with Crippen LogP contribution in [0.5, 0.6) is 0 Å². The number of aromatic nitrogens is 2. The van der Waals surface area contributed by atoms with Gasteiger partial charge in [-0.2, -0.15) is 5.10 Å². The lowest BCUT2D eigenvalue weighted by atomic mass is 9.92. The molecule has 4 nitrogen and oxygen atoms in total. The van der Waals surface area contributed by atoms with E-state index < -0.39 is 6.17 Å². The number of nitrogens with zero attached hydrogens (tertiary/aromatic N) is 2. The molecule has 1 aliphatic heterocycles. The number of hydrogen-bond donors (Lipinski definition) is 1. The van der Waals surface area contributed by atoms with Crippen molar-refractivity contribution in [2.24, 2.45) is 5.41 Å². The highest BCUT2D eigenvalue weighted by Crippen LogP contribution is 2.36. The number of carbonyl (C=O) groups excluding carboxylic acids is 1. The van der Waals surface area contributed by atoms with Crippen molar-refractivity contribution in [2.45, 2.75) is 59.7 Å². The summed E-state index contributed by atoms with van der Waals surface area (Å²) in [5.74, 6) is -0.00402. The standard InChI is InChI=1S/C20H25F2N3O/c1-12-9-13(5-6-15(12)22)18-16-10-14(21)7-8-25(16)24-19(18)23-17(26)11-20(2,3)4/h5-6,9,14H,7-8,10-11H2,1-4H3,(H,23,24,26)/t14-/m1/s1. The van der Waals surface area contributed by atoms with Gasteiger partial charge in [0, 0.05) is 24.9 Å². The summed E-state index contributed by atoms with van der Waals surface area (Å²) in [6.07, 6.45) is 0.0699. The summed E-state index contributed by atoms with van der Waals surface area (Å²) in [5, 5.41) is 7.39. The lowest BCUT2D eigenvalue weighted by Crippen LogP contribution is -2.21. The molecular weight excluding hydrogens is 336 g/mol. The van der Waals surface area contributed by atoms with Gasteiger partial charge in [-0.25, -0.2) is 8.78 Å². The lowest BCUT2D eigenvalue weighted by Gasteiger charge is -2.18. The Morgan fingerprint density at radius 1 is 1.38 bits per heavy atom. The summed E-state index contributed by atoms with van der Waals surface area (Å²) >= 11 is 0. The topological polar surface area (TPSA) is 46.9 Å². The van der Waals surface area contributed by atoms with Crippen molar-refractivity contribution in [2.75, 3.05) is 5.32 Å². The average Bonchev–Trinajstić information content (AvgIpc) is 2.85. The van der Waals surface area contributed by atoms with Crippen LogP contribution in [0.25, 0.3) is 11.1 Å². The van der Waals surface area contributed by atoms with Gasteiger partial charge < -0.3 is 5.32 Å². The first-order chi connectivity index (χ1) is 12.1. The van der Waals surface area contributed by atoms with Crippen molar-refractivity contribution in [3.8, 4) is 11.1 Å². The zero-order valence-corrected chi connectivity index (χ0v) is 15.7. The van der Waals surface area contributed by atoms with E-state index in [9.17, 15) is 13.6 Å². The van der Waals surface area contributed by atoms with Gasteiger partial charge in [-0.1, -0.05) is 26.8 Å². The monoisotopic (exact) mass is 361 g/mol. The molecule has 1 N–H and O–H groups in total. The minimum absolute atomic E-state index is 0.134. The molecule has 2 heterocycles. The molecule has 6 heteroatoms. The van der Waals surface area contributed by atoms with Gasteiger partial charge in [0.1, 0.15) is 12.0 Å². The SMILES string of the molecule is Cc1cc(-c2c(NC(=O)CC(C)(C)C)nn3c2C[C@H](F)CC3)ccc1F. The quantitative estimate of drug-likeness (QED) is 0.864. The number of hydrogen-bond acceptors (Lipinski definition) is 2. The Kier molecular flexibility index (Phi) is 4.86. The molecule has 0 fully saturated rings. The zero-order valence-electron chi connectivity index (χ0n) is 15.7. The minimum Gasteiger partial charge on any atom is -0.309 e. The van der Waals surface area contributed by atoms with Crippen molar-refractivity contribution in [1.29, 1.82) is 0 Å². The summed E-state index contributed by atoms with van der Waals surface area (Å²) in [4.78, 5) is 12.4. The highest BCUT2D eigenvalue weighted by atomic mass is 19.1. The third-order valence-electron chi connectivity index (χ3n) is 4.52. The van der Waals surface area contributed by atoms with Crippen molar-refractivity contribution in [3.05, 3.63) is 35.3 Å². The number of rotatable bonds is 3. The van der Waals surface area contributed by atoms with E-state index in [4.69, 9.17) is 0 Å². The number of carbonyl (C=O) groups is 1. The van der Waals surface area contributed by atoms with Gasteiger partial charge in [-0.15, -0.1) is 0 Å². The van der Waals surface area contributed by atoms with E-state index in [1.165, 1.54) is 6.07 Å². The van der Waals surface area contributed by atoms with Crippen molar-refractivity contribution in [3.63, 3.8) is 0 Å². The van der Waals surface area contributed by atoms with E-state index in [2.05, 4.69) is 10.4 Å². The van der Waals surface area contributed by atoms with Crippen molar-refractivity contribution in [1.82, 2.24) is 9.78 Å². The first-order valence-corrected chi connectivity index (χ1v) is 8.94. The van der Waals surface area contributed by atoms with Gasteiger partial charge in [0.25, 0.3) is 0 Å². The van der Waals surface area contributed by atoms with Crippen LogP contribution in [0, 0.1) is 18.2 Å². The molecule has 0 saturated carbocycles. The van der Waals surface area contributed by atoms with E-state index >= 15 is 0 Å². The molecule has 140 valence electrons. The molecule has 1 aromatic heterocycles. The van der Waals surface area contributed by atoms with Gasteiger partial charge in [0.15, 0.2) is 5.82 Å². The van der Waals surface area contributed by atoms with E-state index in [1.54, 1.807) is 23.7 Å². The second kappa shape index (κ2) is 6.82. The van der Waals surface area contributed by atoms with E-state index in [-0.39, 0.29) is 23.6 Å². The third-order valence-corrected chi connectivity index (χ3v) is 4.52. The molecule has 1 amide bonds. The molecule has 0 radical (unpaired) electrons. The van der Waals surface area contributed by atoms with E-state index in [0.717, 1.165) is 11.3 Å². The first-order valence-electron chi connectivity index (χ1n) is 8.94. The third kappa shape index (κ3) is 3.94. The van der Waals surface area contributed by atoms with Crippen LogP contribution in [-0.4, -0.2) is 21.9 Å². The Bertz CT molecular complexity index is 836. The van der Waals surface area contributed by atoms with Crippen LogP contribution in [0.2, 0.25) is 0 Å². The van der Waals surface area contributed by atoms with E-state index in [0.29, 0.717) is 36.3 Å². The highest BCUT2D eigenvalue weighted by molar-refractivity contribution is 5.95. The molecule has 0 unspecified atom stereocenters. The maximum Gasteiger partial charge on any atom is 0.226 e. The molecule has 0 spiro atoms. The number of halogens is 2. The Labute approximate surface area is 152 Å². The Morgan fingerprint density at radius 2 is 2.12 bits per heavy atom. The van der Waals surface area contributed by atoms with Gasteiger partial charge in [0.05, 0.1) is 5.69 Å². The predicted molar refractivity (Wildman–Crippen MR) is 98.3 cm³/mol. The number of nitrogens with one attached hydrogen (secondary N) is 1. The van der Waals surface area contributed by atoms with Crippen LogP contribution < -0.4 is 5.32 Å². The number of benzene rings is 1. The summed E-state index contributed by atoms with van der Waals surface area (Å²) in [5.41, 5.74) is 2.53. The molecule has 0 aliphatic carbocycles. The van der Waals surface area contributed by atoms with Crippen molar-refractivity contribution < 1.29 is 13.6 Å². The van der Waals surface area contributed by atoms with Gasteiger partial charge in [-0.3, -0.25) is 9.48 Å². The molecule has 1 aromatic carbocycles. The summed E-state index contributed by atoms with van der Waals surface area (Å²) in [6, 6.07) is 4.77. The second-order valence-electron chi connectivity index (χ2n) is 8.23. The predicted octanol–water partition coefficient (Wildman–Crippen LogP) is 4.66. The Morgan fingerprint density at radius 3 is 2.77 bits per heavy atom. The summed E-state index contributed by atoms with van der Waals surface area (Å²) < 4.78 is 29.5. The fourth-order valence-corrected chi connectivity index (χ4v) is 3.31.